The molecule has 17 heavy (non-hydrogen) atoms. The van der Waals surface area contributed by atoms with E-state index in [1.165, 1.54) is 6.20 Å². The number of nitrogens with two attached hydrogens (primary N) is 1. The van der Waals surface area contributed by atoms with Crippen LogP contribution in [-0.2, 0) is 6.42 Å². The molecule has 0 amide bonds. The minimum atomic E-state index is -0.901. The summed E-state index contributed by atoms with van der Waals surface area (Å²) in [4.78, 5) is 11.3. The molecule has 0 aliphatic carbocycles. The van der Waals surface area contributed by atoms with E-state index in [9.17, 15) is 9.90 Å². The summed E-state index contributed by atoms with van der Waals surface area (Å²) in [5.74, 6) is -0.901. The van der Waals surface area contributed by atoms with E-state index in [4.69, 9.17) is 5.73 Å². The molecule has 0 saturated heterocycles. The number of allylic oxidation sites excluding steroid dienone is 1. The molecule has 2 aromatic carbocycles. The summed E-state index contributed by atoms with van der Waals surface area (Å²) < 4.78 is 0. The molecule has 3 N–H and O–H groups in total. The highest BCUT2D eigenvalue weighted by Crippen LogP contribution is 2.23. The maximum atomic E-state index is 11.3. The quantitative estimate of drug-likeness (QED) is 0.847. The molecule has 0 heterocycles. The van der Waals surface area contributed by atoms with E-state index in [0.717, 1.165) is 16.3 Å². The Morgan fingerprint density at radius 1 is 1.24 bits per heavy atom. The zero-order chi connectivity index (χ0) is 12.3. The summed E-state index contributed by atoms with van der Waals surface area (Å²) in [6, 6.07) is 11.2. The molecule has 0 aliphatic rings. The largest absolute Gasteiger partial charge is 0.478 e. The molecule has 3 nitrogen and oxygen atoms in total. The van der Waals surface area contributed by atoms with Crippen molar-refractivity contribution in [2.24, 2.45) is 5.73 Å². The lowest BCUT2D eigenvalue weighted by Crippen LogP contribution is -2.03. The maximum absolute atomic E-state index is 11.3. The summed E-state index contributed by atoms with van der Waals surface area (Å²) in [5, 5.41) is 11.0. The van der Waals surface area contributed by atoms with Gasteiger partial charge >= 0.3 is 5.97 Å². The fourth-order valence-corrected chi connectivity index (χ4v) is 1.93. The van der Waals surface area contributed by atoms with Gasteiger partial charge in [-0.3, -0.25) is 0 Å². The summed E-state index contributed by atoms with van der Waals surface area (Å²) in [6.07, 6.45) is 3.71. The highest BCUT2D eigenvalue weighted by molar-refractivity contribution is 6.05. The molecule has 0 bridgehead atoms. The molecule has 0 aromatic heterocycles. The molecule has 3 heteroatoms. The van der Waals surface area contributed by atoms with Gasteiger partial charge in [0.25, 0.3) is 0 Å². The Balaban J connectivity index is 2.68. The van der Waals surface area contributed by atoms with Gasteiger partial charge in [0.2, 0.25) is 0 Å². The third-order valence-electron chi connectivity index (χ3n) is 2.70. The number of hydrogen-bond acceptors (Lipinski definition) is 2. The van der Waals surface area contributed by atoms with Gasteiger partial charge in [0.05, 0.1) is 5.56 Å². The van der Waals surface area contributed by atoms with Crippen molar-refractivity contribution in [3.8, 4) is 0 Å². The lowest BCUT2D eigenvalue weighted by atomic mass is 9.97. The van der Waals surface area contributed by atoms with Crippen LogP contribution in [0.2, 0.25) is 0 Å². The number of hydrogen-bond donors (Lipinski definition) is 2. The van der Waals surface area contributed by atoms with Crippen LogP contribution >= 0.6 is 0 Å². The lowest BCUT2D eigenvalue weighted by Gasteiger charge is -2.07. The van der Waals surface area contributed by atoms with Gasteiger partial charge in [-0.1, -0.05) is 42.5 Å². The molecule has 0 spiro atoms. The van der Waals surface area contributed by atoms with Crippen LogP contribution in [0.1, 0.15) is 15.9 Å². The van der Waals surface area contributed by atoms with Crippen molar-refractivity contribution < 1.29 is 9.90 Å². The zero-order valence-corrected chi connectivity index (χ0v) is 9.26. The second-order valence-electron chi connectivity index (χ2n) is 3.76. The van der Waals surface area contributed by atoms with Gasteiger partial charge in [-0.05, 0) is 29.0 Å². The number of fused-ring (bicyclic) bond motifs is 1. The Kier molecular flexibility index (Phi) is 3.10. The van der Waals surface area contributed by atoms with Gasteiger partial charge in [-0.25, -0.2) is 4.79 Å². The summed E-state index contributed by atoms with van der Waals surface area (Å²) >= 11 is 0. The van der Waals surface area contributed by atoms with Crippen LogP contribution < -0.4 is 5.73 Å². The van der Waals surface area contributed by atoms with Crippen molar-refractivity contribution in [1.29, 1.82) is 0 Å². The first kappa shape index (κ1) is 11.2. The average molecular weight is 227 g/mol. The summed E-state index contributed by atoms with van der Waals surface area (Å²) in [5.41, 5.74) is 6.43. The number of carboxylic acid groups (broad SMARTS) is 1. The molecule has 0 atom stereocenters. The maximum Gasteiger partial charge on any atom is 0.336 e. The summed E-state index contributed by atoms with van der Waals surface area (Å²) in [7, 11) is 0. The average Bonchev–Trinajstić information content (AvgIpc) is 2.35. The molecule has 2 rings (SSSR count). The Bertz CT molecular complexity index is 588. The van der Waals surface area contributed by atoms with Crippen molar-refractivity contribution >= 4 is 16.7 Å². The number of benzene rings is 2. The minimum Gasteiger partial charge on any atom is -0.478 e. The van der Waals surface area contributed by atoms with Crippen molar-refractivity contribution in [3.63, 3.8) is 0 Å². The summed E-state index contributed by atoms with van der Waals surface area (Å²) in [6.45, 7) is 0. The van der Waals surface area contributed by atoms with E-state index in [0.29, 0.717) is 12.0 Å². The van der Waals surface area contributed by atoms with Gasteiger partial charge in [0.1, 0.15) is 0 Å². The first-order valence-corrected chi connectivity index (χ1v) is 5.34. The zero-order valence-electron chi connectivity index (χ0n) is 9.26. The second-order valence-corrected chi connectivity index (χ2v) is 3.76. The molecule has 0 aliphatic heterocycles. The number of aromatic carboxylic acids is 1. The Hall–Kier alpha value is -2.29. The van der Waals surface area contributed by atoms with Gasteiger partial charge in [0.15, 0.2) is 0 Å². The molecule has 0 radical (unpaired) electrons. The highest BCUT2D eigenvalue weighted by Gasteiger charge is 2.12. The van der Waals surface area contributed by atoms with Crippen LogP contribution in [0.15, 0.2) is 48.7 Å². The molecule has 0 unspecified atom stereocenters. The minimum absolute atomic E-state index is 0.362. The predicted octanol–water partition coefficient (Wildman–Crippen LogP) is 2.55. The first-order valence-electron chi connectivity index (χ1n) is 5.34. The van der Waals surface area contributed by atoms with Crippen molar-refractivity contribution in [2.75, 3.05) is 0 Å². The molecule has 86 valence electrons. The smallest absolute Gasteiger partial charge is 0.336 e. The van der Waals surface area contributed by atoms with E-state index in [1.54, 1.807) is 6.08 Å². The van der Waals surface area contributed by atoms with Crippen LogP contribution in [0, 0.1) is 0 Å². The highest BCUT2D eigenvalue weighted by atomic mass is 16.4. The second kappa shape index (κ2) is 4.70. The Morgan fingerprint density at radius 3 is 2.71 bits per heavy atom. The van der Waals surface area contributed by atoms with Gasteiger partial charge < -0.3 is 10.8 Å². The lowest BCUT2D eigenvalue weighted by molar-refractivity contribution is 0.0698. The van der Waals surface area contributed by atoms with E-state index in [2.05, 4.69) is 0 Å². The van der Waals surface area contributed by atoms with E-state index in [-0.39, 0.29) is 0 Å². The SMILES string of the molecule is NC=CCc1ccc2ccccc2c1C(=O)O. The van der Waals surface area contributed by atoms with Crippen LogP contribution in [0.3, 0.4) is 0 Å². The van der Waals surface area contributed by atoms with Crippen molar-refractivity contribution in [1.82, 2.24) is 0 Å². The Labute approximate surface area is 99.2 Å². The first-order chi connectivity index (χ1) is 8.24. The molecule has 0 fully saturated rings. The molecule has 2 aromatic rings. The van der Waals surface area contributed by atoms with Crippen LogP contribution in [0.25, 0.3) is 10.8 Å². The fraction of sp³-hybridized carbons (Fsp3) is 0.0714. The molecular weight excluding hydrogens is 214 g/mol. The van der Waals surface area contributed by atoms with Crippen LogP contribution in [0.5, 0.6) is 0 Å². The third kappa shape index (κ3) is 2.13. The topological polar surface area (TPSA) is 63.3 Å². The van der Waals surface area contributed by atoms with Gasteiger partial charge in [-0.2, -0.15) is 0 Å². The van der Waals surface area contributed by atoms with Crippen LogP contribution in [0.4, 0.5) is 0 Å². The van der Waals surface area contributed by atoms with Crippen molar-refractivity contribution in [3.05, 3.63) is 59.8 Å². The Morgan fingerprint density at radius 2 is 2.00 bits per heavy atom. The van der Waals surface area contributed by atoms with E-state index < -0.39 is 5.97 Å². The number of carboxylic acids is 1. The van der Waals surface area contributed by atoms with Crippen molar-refractivity contribution in [2.45, 2.75) is 6.42 Å². The third-order valence-corrected chi connectivity index (χ3v) is 2.70. The standard InChI is InChI=1S/C14H13NO2/c15-9-3-5-11-8-7-10-4-1-2-6-12(10)13(11)14(16)17/h1-4,6-9H,5,15H2,(H,16,17). The van der Waals surface area contributed by atoms with Gasteiger partial charge in [-0.15, -0.1) is 0 Å². The predicted molar refractivity (Wildman–Crippen MR) is 67.9 cm³/mol. The normalized spacial score (nSPS) is 11.1. The number of rotatable bonds is 3. The number of carbonyl (C=O) groups is 1. The van der Waals surface area contributed by atoms with E-state index in [1.807, 2.05) is 36.4 Å². The van der Waals surface area contributed by atoms with Gasteiger partial charge in [0, 0.05) is 0 Å². The molecule has 0 saturated carbocycles. The fourth-order valence-electron chi connectivity index (χ4n) is 1.93. The molecular formula is C14H13NO2. The van der Waals surface area contributed by atoms with E-state index >= 15 is 0 Å². The van der Waals surface area contributed by atoms with Crippen LogP contribution in [-0.4, -0.2) is 11.1 Å². The monoisotopic (exact) mass is 227 g/mol.